The summed E-state index contributed by atoms with van der Waals surface area (Å²) in [4.78, 5) is 17.7. The van der Waals surface area contributed by atoms with E-state index in [0.717, 1.165) is 41.2 Å². The van der Waals surface area contributed by atoms with E-state index in [1.54, 1.807) is 0 Å². The van der Waals surface area contributed by atoms with Crippen molar-refractivity contribution in [3.8, 4) is 0 Å². The number of carbonyl (C=O) groups excluding carboxylic acids is 1. The molecule has 2 heterocycles. The smallest absolute Gasteiger partial charge is 0.279 e. The highest BCUT2D eigenvalue weighted by Crippen LogP contribution is 2.29. The molecule has 1 atom stereocenters. The molecular weight excluding hydrogens is 274 g/mol. The molecule has 5 nitrogen and oxygen atoms in total. The molecular formula is C14H17N3O2S. The summed E-state index contributed by atoms with van der Waals surface area (Å²) in [5.74, 6) is 1.20. The highest BCUT2D eigenvalue weighted by molar-refractivity contribution is 7.15. The molecule has 0 aromatic carbocycles. The van der Waals surface area contributed by atoms with Crippen LogP contribution in [0.2, 0.25) is 0 Å². The SMILES string of the molecule is Cc1nc(NC(=O)c2noc3c2C[C@H](C)CC3)sc1C. The van der Waals surface area contributed by atoms with Gasteiger partial charge in [-0.2, -0.15) is 0 Å². The number of anilines is 1. The average Bonchev–Trinajstić information content (AvgIpc) is 2.93. The van der Waals surface area contributed by atoms with Crippen LogP contribution in [0.25, 0.3) is 0 Å². The zero-order valence-electron chi connectivity index (χ0n) is 11.8. The lowest BCUT2D eigenvalue weighted by Crippen LogP contribution is -2.17. The van der Waals surface area contributed by atoms with Crippen molar-refractivity contribution in [2.45, 2.75) is 40.0 Å². The predicted octanol–water partition coefficient (Wildman–Crippen LogP) is 3.13. The summed E-state index contributed by atoms with van der Waals surface area (Å²) in [7, 11) is 0. The lowest BCUT2D eigenvalue weighted by molar-refractivity contribution is 0.101. The molecule has 0 fully saturated rings. The summed E-state index contributed by atoms with van der Waals surface area (Å²) in [5, 5.41) is 7.38. The Bertz CT molecular complexity index is 640. The van der Waals surface area contributed by atoms with E-state index in [1.807, 2.05) is 13.8 Å². The molecule has 0 bridgehead atoms. The van der Waals surface area contributed by atoms with Gasteiger partial charge in [-0.05, 0) is 32.6 Å². The first-order valence-corrected chi connectivity index (χ1v) is 7.59. The Hall–Kier alpha value is -1.69. The van der Waals surface area contributed by atoms with E-state index in [1.165, 1.54) is 11.3 Å². The maximum Gasteiger partial charge on any atom is 0.279 e. The maximum absolute atomic E-state index is 12.3. The van der Waals surface area contributed by atoms with E-state index in [4.69, 9.17) is 4.52 Å². The number of nitrogens with one attached hydrogen (secondary N) is 1. The summed E-state index contributed by atoms with van der Waals surface area (Å²) in [6.07, 6.45) is 2.82. The van der Waals surface area contributed by atoms with Crippen molar-refractivity contribution in [2.24, 2.45) is 5.92 Å². The number of thiazole rings is 1. The minimum absolute atomic E-state index is 0.224. The lowest BCUT2D eigenvalue weighted by atomic mass is 9.88. The Morgan fingerprint density at radius 2 is 2.25 bits per heavy atom. The van der Waals surface area contributed by atoms with Crippen LogP contribution < -0.4 is 5.32 Å². The molecule has 1 aliphatic carbocycles. The van der Waals surface area contributed by atoms with E-state index in [9.17, 15) is 4.79 Å². The third kappa shape index (κ3) is 2.35. The van der Waals surface area contributed by atoms with Crippen LogP contribution in [0.4, 0.5) is 5.13 Å². The molecule has 6 heteroatoms. The van der Waals surface area contributed by atoms with Gasteiger partial charge in [0, 0.05) is 16.9 Å². The van der Waals surface area contributed by atoms with Gasteiger partial charge in [0.2, 0.25) is 0 Å². The molecule has 1 N–H and O–H groups in total. The number of fused-ring (bicyclic) bond motifs is 1. The normalized spacial score (nSPS) is 17.9. The van der Waals surface area contributed by atoms with Crippen LogP contribution in [0, 0.1) is 19.8 Å². The van der Waals surface area contributed by atoms with E-state index in [0.29, 0.717) is 16.7 Å². The lowest BCUT2D eigenvalue weighted by Gasteiger charge is -2.16. The molecule has 0 aliphatic heterocycles. The fourth-order valence-electron chi connectivity index (χ4n) is 2.44. The second kappa shape index (κ2) is 5.01. The molecule has 1 amide bonds. The summed E-state index contributed by atoms with van der Waals surface area (Å²) >= 11 is 1.48. The molecule has 0 radical (unpaired) electrons. The molecule has 20 heavy (non-hydrogen) atoms. The summed E-state index contributed by atoms with van der Waals surface area (Å²) in [5.41, 5.74) is 2.32. The first-order valence-electron chi connectivity index (χ1n) is 6.77. The van der Waals surface area contributed by atoms with Crippen LogP contribution in [-0.4, -0.2) is 16.0 Å². The van der Waals surface area contributed by atoms with Crippen molar-refractivity contribution in [2.75, 3.05) is 5.32 Å². The largest absolute Gasteiger partial charge is 0.360 e. The van der Waals surface area contributed by atoms with Crippen LogP contribution in [0.1, 0.15) is 45.7 Å². The number of nitrogens with zero attached hydrogens (tertiary/aromatic N) is 2. The molecule has 3 rings (SSSR count). The van der Waals surface area contributed by atoms with Crippen molar-refractivity contribution in [3.05, 3.63) is 27.6 Å². The van der Waals surface area contributed by atoms with Crippen molar-refractivity contribution >= 4 is 22.4 Å². The Balaban J connectivity index is 1.83. The van der Waals surface area contributed by atoms with Crippen LogP contribution in [0.5, 0.6) is 0 Å². The third-order valence-electron chi connectivity index (χ3n) is 3.75. The Kier molecular flexibility index (Phi) is 3.33. The van der Waals surface area contributed by atoms with Crippen molar-refractivity contribution in [3.63, 3.8) is 0 Å². The number of carbonyl (C=O) groups is 1. The van der Waals surface area contributed by atoms with Gasteiger partial charge in [0.15, 0.2) is 10.8 Å². The maximum atomic E-state index is 12.3. The average molecular weight is 291 g/mol. The number of rotatable bonds is 2. The topological polar surface area (TPSA) is 68.0 Å². The number of aromatic nitrogens is 2. The number of hydrogen-bond donors (Lipinski definition) is 1. The second-order valence-electron chi connectivity index (χ2n) is 5.40. The zero-order valence-corrected chi connectivity index (χ0v) is 12.6. The van der Waals surface area contributed by atoms with Gasteiger partial charge >= 0.3 is 0 Å². The minimum Gasteiger partial charge on any atom is -0.360 e. The van der Waals surface area contributed by atoms with Crippen LogP contribution in [-0.2, 0) is 12.8 Å². The first kappa shape index (κ1) is 13.3. The van der Waals surface area contributed by atoms with Gasteiger partial charge in [-0.25, -0.2) is 4.98 Å². The molecule has 0 saturated carbocycles. The monoisotopic (exact) mass is 291 g/mol. The standard InChI is InChI=1S/C14H17N3O2S/c1-7-4-5-11-10(6-7)12(17-19-11)13(18)16-14-15-8(2)9(3)20-14/h7H,4-6H2,1-3H3,(H,15,16,18)/t7-/m1/s1. The highest BCUT2D eigenvalue weighted by Gasteiger charge is 2.27. The second-order valence-corrected chi connectivity index (χ2v) is 6.60. The third-order valence-corrected chi connectivity index (χ3v) is 4.74. The molecule has 2 aromatic rings. The van der Waals surface area contributed by atoms with Gasteiger partial charge in [0.25, 0.3) is 5.91 Å². The number of aryl methyl sites for hydroxylation is 3. The first-order chi connectivity index (χ1) is 9.54. The predicted molar refractivity (Wildman–Crippen MR) is 77.2 cm³/mol. The highest BCUT2D eigenvalue weighted by atomic mass is 32.1. The quantitative estimate of drug-likeness (QED) is 0.923. The molecule has 0 unspecified atom stereocenters. The van der Waals surface area contributed by atoms with Gasteiger partial charge < -0.3 is 4.52 Å². The van der Waals surface area contributed by atoms with Crippen LogP contribution >= 0.6 is 11.3 Å². The summed E-state index contributed by atoms with van der Waals surface area (Å²) in [6.45, 7) is 6.11. The Morgan fingerprint density at radius 3 is 2.95 bits per heavy atom. The van der Waals surface area contributed by atoms with Gasteiger partial charge in [-0.1, -0.05) is 12.1 Å². The summed E-state index contributed by atoms with van der Waals surface area (Å²) in [6, 6.07) is 0. The van der Waals surface area contributed by atoms with Crippen molar-refractivity contribution in [1.29, 1.82) is 0 Å². The van der Waals surface area contributed by atoms with Gasteiger partial charge in [0.1, 0.15) is 5.76 Å². The number of amides is 1. The zero-order chi connectivity index (χ0) is 14.3. The number of hydrogen-bond acceptors (Lipinski definition) is 5. The van der Waals surface area contributed by atoms with Crippen molar-refractivity contribution < 1.29 is 9.32 Å². The van der Waals surface area contributed by atoms with Gasteiger partial charge in [-0.15, -0.1) is 11.3 Å². The summed E-state index contributed by atoms with van der Waals surface area (Å²) < 4.78 is 5.30. The fraction of sp³-hybridized carbons (Fsp3) is 0.500. The molecule has 2 aromatic heterocycles. The Morgan fingerprint density at radius 1 is 1.45 bits per heavy atom. The minimum atomic E-state index is -0.224. The molecule has 106 valence electrons. The Labute approximate surface area is 121 Å². The van der Waals surface area contributed by atoms with Crippen molar-refractivity contribution in [1.82, 2.24) is 10.1 Å². The van der Waals surface area contributed by atoms with E-state index in [-0.39, 0.29) is 5.91 Å². The molecule has 1 aliphatic rings. The van der Waals surface area contributed by atoms with E-state index < -0.39 is 0 Å². The van der Waals surface area contributed by atoms with Gasteiger partial charge in [-0.3, -0.25) is 10.1 Å². The fourth-order valence-corrected chi connectivity index (χ4v) is 3.25. The molecule has 0 saturated heterocycles. The van der Waals surface area contributed by atoms with E-state index in [2.05, 4.69) is 22.4 Å². The van der Waals surface area contributed by atoms with E-state index >= 15 is 0 Å². The van der Waals surface area contributed by atoms with Crippen LogP contribution in [0.15, 0.2) is 4.52 Å². The van der Waals surface area contributed by atoms with Crippen LogP contribution in [0.3, 0.4) is 0 Å². The molecule has 0 spiro atoms. The van der Waals surface area contributed by atoms with Gasteiger partial charge in [0.05, 0.1) is 5.69 Å².